The molecule has 1 aromatic rings. The van der Waals surface area contributed by atoms with Gasteiger partial charge in [0.1, 0.15) is 6.61 Å². The molecule has 1 aromatic carbocycles. The van der Waals surface area contributed by atoms with E-state index in [4.69, 9.17) is 16.7 Å². The van der Waals surface area contributed by atoms with Crippen molar-refractivity contribution in [2.75, 3.05) is 26.2 Å². The highest BCUT2D eigenvalue weighted by Gasteiger charge is 2.24. The number of aliphatic hydroxyl groups excluding tert-OH is 1. The lowest BCUT2D eigenvalue weighted by molar-refractivity contribution is -0.124. The van der Waals surface area contributed by atoms with E-state index in [9.17, 15) is 4.79 Å². The molecule has 0 radical (unpaired) electrons. The van der Waals surface area contributed by atoms with Crippen molar-refractivity contribution < 1.29 is 9.90 Å². The zero-order chi connectivity index (χ0) is 19.9. The van der Waals surface area contributed by atoms with Gasteiger partial charge in [-0.05, 0) is 107 Å². The summed E-state index contributed by atoms with van der Waals surface area (Å²) in [6.45, 7) is 3.20. The van der Waals surface area contributed by atoms with E-state index in [-0.39, 0.29) is 11.9 Å². The zero-order valence-corrected chi connectivity index (χ0v) is 18.8. The van der Waals surface area contributed by atoms with Gasteiger partial charge in [-0.25, -0.2) is 0 Å². The van der Waals surface area contributed by atoms with E-state index in [2.05, 4.69) is 38.3 Å². The molecule has 0 atom stereocenters. The molecule has 2 fully saturated rings. The molecule has 1 saturated heterocycles. The van der Waals surface area contributed by atoms with Gasteiger partial charge in [-0.2, -0.15) is 0 Å². The number of hydrogen-bond acceptors (Lipinski definition) is 3. The van der Waals surface area contributed by atoms with E-state index in [0.29, 0.717) is 0 Å². The molecule has 0 bridgehead atoms. The summed E-state index contributed by atoms with van der Waals surface area (Å²) < 4.78 is 1.17. The van der Waals surface area contributed by atoms with Gasteiger partial charge in [-0.1, -0.05) is 27.5 Å². The van der Waals surface area contributed by atoms with Gasteiger partial charge in [-0.3, -0.25) is 4.79 Å². The maximum Gasteiger partial charge on any atom is 0.245 e. The fourth-order valence-electron chi connectivity index (χ4n) is 4.66. The Morgan fingerprint density at radius 3 is 2.54 bits per heavy atom. The van der Waals surface area contributed by atoms with Crippen molar-refractivity contribution in [1.82, 2.24) is 10.2 Å². The van der Waals surface area contributed by atoms with Gasteiger partial charge in [0.2, 0.25) is 5.91 Å². The second kappa shape index (κ2) is 11.0. The third-order valence-electron chi connectivity index (χ3n) is 6.43. The van der Waals surface area contributed by atoms with Crippen molar-refractivity contribution in [3.8, 4) is 0 Å². The predicted octanol–water partition coefficient (Wildman–Crippen LogP) is 4.41. The molecule has 2 aliphatic rings. The van der Waals surface area contributed by atoms with Crippen LogP contribution < -0.4 is 5.32 Å². The Kier molecular flexibility index (Phi) is 8.64. The fourth-order valence-corrected chi connectivity index (χ4v) is 5.26. The van der Waals surface area contributed by atoms with Crippen LogP contribution in [0.15, 0.2) is 22.7 Å². The number of carbonyl (C=O) groups excluding carboxylic acids is 1. The fraction of sp³-hybridized carbons (Fsp3) is 0.682. The number of nitrogens with one attached hydrogen (secondary N) is 1. The quantitative estimate of drug-likeness (QED) is 0.619. The van der Waals surface area contributed by atoms with E-state index in [1.165, 1.54) is 61.8 Å². The first kappa shape index (κ1) is 22.1. The number of halogens is 2. The first-order valence-corrected chi connectivity index (χ1v) is 11.8. The highest BCUT2D eigenvalue weighted by Crippen LogP contribution is 2.30. The van der Waals surface area contributed by atoms with E-state index in [0.717, 1.165) is 36.1 Å². The lowest BCUT2D eigenvalue weighted by Crippen LogP contribution is -2.40. The molecule has 4 nitrogen and oxygen atoms in total. The number of rotatable bonds is 7. The number of carbonyl (C=O) groups is 1. The Hall–Kier alpha value is -0.620. The van der Waals surface area contributed by atoms with Crippen LogP contribution in [0.25, 0.3) is 0 Å². The van der Waals surface area contributed by atoms with Crippen molar-refractivity contribution in [3.05, 3.63) is 33.3 Å². The number of benzene rings is 1. The SMILES string of the molecule is O=C(CO)N[C@H]1CC[C@H](CCN2CCC(Cc3cc(Cl)ccc3Br)CC2)CC1. The molecule has 1 aliphatic heterocycles. The summed E-state index contributed by atoms with van der Waals surface area (Å²) in [6, 6.07) is 6.34. The first-order valence-electron chi connectivity index (χ1n) is 10.6. The minimum Gasteiger partial charge on any atom is -0.387 e. The Morgan fingerprint density at radius 2 is 1.86 bits per heavy atom. The van der Waals surface area contributed by atoms with Crippen LogP contribution in [0, 0.1) is 11.8 Å². The summed E-state index contributed by atoms with van der Waals surface area (Å²) in [6.07, 6.45) is 9.38. The summed E-state index contributed by atoms with van der Waals surface area (Å²) >= 11 is 9.81. The first-order chi connectivity index (χ1) is 13.5. The summed E-state index contributed by atoms with van der Waals surface area (Å²) in [4.78, 5) is 13.9. The number of hydrogen-bond donors (Lipinski definition) is 2. The second-order valence-corrected chi connectivity index (χ2v) is 9.75. The van der Waals surface area contributed by atoms with Gasteiger partial charge in [0.25, 0.3) is 0 Å². The molecule has 0 spiro atoms. The number of nitrogens with zero attached hydrogens (tertiary/aromatic N) is 1. The van der Waals surface area contributed by atoms with E-state index < -0.39 is 6.61 Å². The van der Waals surface area contributed by atoms with Crippen molar-refractivity contribution >= 4 is 33.4 Å². The summed E-state index contributed by atoms with van der Waals surface area (Å²) in [5, 5.41) is 12.6. The van der Waals surface area contributed by atoms with Crippen LogP contribution >= 0.6 is 27.5 Å². The molecule has 6 heteroatoms. The van der Waals surface area contributed by atoms with Crippen molar-refractivity contribution in [2.45, 2.75) is 57.4 Å². The highest BCUT2D eigenvalue weighted by atomic mass is 79.9. The summed E-state index contributed by atoms with van der Waals surface area (Å²) in [7, 11) is 0. The molecule has 0 unspecified atom stereocenters. The van der Waals surface area contributed by atoms with Crippen molar-refractivity contribution in [1.29, 1.82) is 0 Å². The van der Waals surface area contributed by atoms with Crippen LogP contribution in [-0.4, -0.2) is 48.2 Å². The second-order valence-electron chi connectivity index (χ2n) is 8.46. The van der Waals surface area contributed by atoms with Crippen molar-refractivity contribution in [3.63, 3.8) is 0 Å². The minimum absolute atomic E-state index is 0.240. The maximum absolute atomic E-state index is 11.3. The molecule has 1 saturated carbocycles. The normalized spacial score (nSPS) is 24.2. The van der Waals surface area contributed by atoms with Crippen LogP contribution in [0.2, 0.25) is 5.02 Å². The molecular formula is C22H32BrClN2O2. The molecule has 2 N–H and O–H groups in total. The van der Waals surface area contributed by atoms with Gasteiger partial charge in [0.15, 0.2) is 0 Å². The molecule has 1 aliphatic carbocycles. The van der Waals surface area contributed by atoms with E-state index >= 15 is 0 Å². The Balaban J connectivity index is 1.33. The third-order valence-corrected chi connectivity index (χ3v) is 7.44. The molecule has 156 valence electrons. The smallest absolute Gasteiger partial charge is 0.245 e. The topological polar surface area (TPSA) is 52.6 Å². The Labute approximate surface area is 182 Å². The number of amides is 1. The van der Waals surface area contributed by atoms with E-state index in [1.807, 2.05) is 6.07 Å². The average Bonchev–Trinajstić information content (AvgIpc) is 2.71. The predicted molar refractivity (Wildman–Crippen MR) is 118 cm³/mol. The van der Waals surface area contributed by atoms with Crippen LogP contribution in [0.3, 0.4) is 0 Å². The van der Waals surface area contributed by atoms with Gasteiger partial charge in [0.05, 0.1) is 0 Å². The molecular weight excluding hydrogens is 440 g/mol. The largest absolute Gasteiger partial charge is 0.387 e. The van der Waals surface area contributed by atoms with Crippen LogP contribution in [-0.2, 0) is 11.2 Å². The van der Waals surface area contributed by atoms with Gasteiger partial charge >= 0.3 is 0 Å². The molecule has 1 amide bonds. The van der Waals surface area contributed by atoms with Gasteiger partial charge < -0.3 is 15.3 Å². The average molecular weight is 472 g/mol. The highest BCUT2D eigenvalue weighted by molar-refractivity contribution is 9.10. The lowest BCUT2D eigenvalue weighted by Gasteiger charge is -2.34. The zero-order valence-electron chi connectivity index (χ0n) is 16.5. The molecule has 0 aromatic heterocycles. The number of likely N-dealkylation sites (tertiary alicyclic amines) is 1. The van der Waals surface area contributed by atoms with Crippen LogP contribution in [0.4, 0.5) is 0 Å². The monoisotopic (exact) mass is 470 g/mol. The lowest BCUT2D eigenvalue weighted by atomic mass is 9.83. The molecule has 1 heterocycles. The van der Waals surface area contributed by atoms with Crippen molar-refractivity contribution in [2.24, 2.45) is 11.8 Å². The maximum atomic E-state index is 11.3. The van der Waals surface area contributed by atoms with Gasteiger partial charge in [0, 0.05) is 15.5 Å². The van der Waals surface area contributed by atoms with Gasteiger partial charge in [-0.15, -0.1) is 0 Å². The number of piperidine rings is 1. The Morgan fingerprint density at radius 1 is 1.14 bits per heavy atom. The summed E-state index contributed by atoms with van der Waals surface area (Å²) in [5.74, 6) is 1.29. The third kappa shape index (κ3) is 6.72. The Bertz CT molecular complexity index is 641. The minimum atomic E-state index is -0.399. The van der Waals surface area contributed by atoms with Crippen LogP contribution in [0.5, 0.6) is 0 Å². The molecule has 28 heavy (non-hydrogen) atoms. The number of aliphatic hydroxyl groups is 1. The van der Waals surface area contributed by atoms with Crippen LogP contribution in [0.1, 0.15) is 50.5 Å². The van der Waals surface area contributed by atoms with E-state index in [1.54, 1.807) is 0 Å². The summed E-state index contributed by atoms with van der Waals surface area (Å²) in [5.41, 5.74) is 1.33. The standard InChI is InChI=1S/C22H32BrClN2O2/c23-21-6-3-19(24)14-18(21)13-17-8-11-26(12-9-17)10-7-16-1-4-20(5-2-16)25-22(28)15-27/h3,6,14,16-17,20,27H,1-2,4-5,7-13,15H2,(H,25,28)/t16-,20-. The molecule has 3 rings (SSSR count).